The molecule has 128 valence electrons. The van der Waals surface area contributed by atoms with Crippen LogP contribution in [0.1, 0.15) is 27.2 Å². The molecule has 1 aliphatic heterocycles. The van der Waals surface area contributed by atoms with Crippen molar-refractivity contribution in [2.75, 3.05) is 5.32 Å². The predicted molar refractivity (Wildman–Crippen MR) is 107 cm³/mol. The van der Waals surface area contributed by atoms with Gasteiger partial charge in [-0.3, -0.25) is 9.59 Å². The minimum Gasteiger partial charge on any atom is -0.326 e. The fourth-order valence-electron chi connectivity index (χ4n) is 1.74. The highest BCUT2D eigenvalue weighted by Gasteiger charge is 2.32. The first-order chi connectivity index (χ1) is 11.3. The molecule has 8 heteroatoms. The summed E-state index contributed by atoms with van der Waals surface area (Å²) in [4.78, 5) is 24.0. The second kappa shape index (κ2) is 8.61. The van der Waals surface area contributed by atoms with Gasteiger partial charge in [0.25, 0.3) is 0 Å². The third-order valence-corrected chi connectivity index (χ3v) is 5.20. The van der Waals surface area contributed by atoms with Crippen LogP contribution in [0, 0.1) is 9.49 Å². The maximum absolute atomic E-state index is 12.1. The van der Waals surface area contributed by atoms with Crippen molar-refractivity contribution in [2.24, 2.45) is 16.1 Å². The molecule has 1 saturated heterocycles. The van der Waals surface area contributed by atoms with Gasteiger partial charge in [0.05, 0.1) is 0 Å². The molecule has 1 aliphatic rings. The monoisotopic (exact) mass is 458 g/mol. The number of thioether (sulfide) groups is 1. The van der Waals surface area contributed by atoms with Crippen molar-refractivity contribution in [1.82, 2.24) is 5.32 Å². The molecule has 0 spiro atoms. The number of nitrogens with one attached hydrogen (secondary N) is 2. The number of carbonyl (C=O) groups is 2. The van der Waals surface area contributed by atoms with Crippen LogP contribution in [0.25, 0.3) is 0 Å². The first-order valence-corrected chi connectivity index (χ1v) is 9.46. The smallest absolute Gasteiger partial charge is 0.240 e. The van der Waals surface area contributed by atoms with Gasteiger partial charge in [0, 0.05) is 21.4 Å². The van der Waals surface area contributed by atoms with E-state index in [9.17, 15) is 9.59 Å². The van der Waals surface area contributed by atoms with Crippen LogP contribution in [-0.4, -0.2) is 27.9 Å². The number of carbonyl (C=O) groups excluding carboxylic acids is 2. The van der Waals surface area contributed by atoms with E-state index < -0.39 is 5.25 Å². The van der Waals surface area contributed by atoms with E-state index in [0.717, 1.165) is 15.0 Å². The van der Waals surface area contributed by atoms with E-state index in [1.165, 1.54) is 11.8 Å². The molecule has 6 nitrogen and oxygen atoms in total. The number of amides is 2. The molecule has 1 atom stereocenters. The highest BCUT2D eigenvalue weighted by Crippen LogP contribution is 2.23. The van der Waals surface area contributed by atoms with E-state index >= 15 is 0 Å². The Bertz CT molecular complexity index is 686. The zero-order valence-corrected chi connectivity index (χ0v) is 16.6. The van der Waals surface area contributed by atoms with Gasteiger partial charge in [-0.2, -0.15) is 5.10 Å². The summed E-state index contributed by atoms with van der Waals surface area (Å²) in [6.07, 6.45) is 0.0917. The molecule has 0 aromatic heterocycles. The lowest BCUT2D eigenvalue weighted by Gasteiger charge is -2.07. The topological polar surface area (TPSA) is 82.9 Å². The number of rotatable bonds is 5. The van der Waals surface area contributed by atoms with Gasteiger partial charge in [-0.05, 0) is 59.7 Å². The maximum Gasteiger partial charge on any atom is 0.240 e. The average Bonchev–Trinajstić information content (AvgIpc) is 2.87. The number of hydrogen-bond donors (Lipinski definition) is 2. The van der Waals surface area contributed by atoms with Crippen LogP contribution in [-0.2, 0) is 9.59 Å². The van der Waals surface area contributed by atoms with Gasteiger partial charge in [-0.1, -0.05) is 25.6 Å². The number of anilines is 1. The van der Waals surface area contributed by atoms with Crippen molar-refractivity contribution in [3.63, 3.8) is 0 Å². The highest BCUT2D eigenvalue weighted by molar-refractivity contribution is 14.1. The molecular weight excluding hydrogens is 439 g/mol. The number of amidine groups is 1. The summed E-state index contributed by atoms with van der Waals surface area (Å²) in [5.74, 6) is -0.118. The molecule has 1 aromatic carbocycles. The molecule has 0 bridgehead atoms. The number of benzene rings is 1. The lowest BCUT2D eigenvalue weighted by molar-refractivity contribution is -0.122. The summed E-state index contributed by atoms with van der Waals surface area (Å²) in [5, 5.41) is 13.6. The lowest BCUT2D eigenvalue weighted by Crippen LogP contribution is -2.28. The van der Waals surface area contributed by atoms with Gasteiger partial charge in [-0.15, -0.1) is 5.10 Å². The Balaban J connectivity index is 1.92. The Morgan fingerprint density at radius 3 is 2.67 bits per heavy atom. The molecule has 24 heavy (non-hydrogen) atoms. The maximum atomic E-state index is 12.1. The van der Waals surface area contributed by atoms with Crippen molar-refractivity contribution in [1.29, 1.82) is 0 Å². The molecule has 0 radical (unpaired) electrons. The van der Waals surface area contributed by atoms with Crippen molar-refractivity contribution < 1.29 is 9.59 Å². The summed E-state index contributed by atoms with van der Waals surface area (Å²) >= 11 is 3.43. The largest absolute Gasteiger partial charge is 0.326 e. The SMILES string of the molecule is C/C(=N\N=C1\NC(=O)C(CC(=O)Nc2ccc(I)cc2)S1)C(C)C. The van der Waals surface area contributed by atoms with Crippen molar-refractivity contribution in [2.45, 2.75) is 32.4 Å². The Hall–Kier alpha value is -1.42. The minimum atomic E-state index is -0.484. The third kappa shape index (κ3) is 5.59. The normalized spacial score (nSPS) is 19.7. The molecule has 2 amide bonds. The average molecular weight is 458 g/mol. The molecular formula is C16H19IN4O2S. The van der Waals surface area contributed by atoms with Gasteiger partial charge in [0.1, 0.15) is 5.25 Å². The molecule has 1 heterocycles. The van der Waals surface area contributed by atoms with Crippen molar-refractivity contribution in [3.05, 3.63) is 27.8 Å². The summed E-state index contributed by atoms with van der Waals surface area (Å²) in [6, 6.07) is 7.48. The second-order valence-corrected chi connectivity index (χ2v) is 8.09. The van der Waals surface area contributed by atoms with Crippen LogP contribution in [0.2, 0.25) is 0 Å². The summed E-state index contributed by atoms with van der Waals surface area (Å²) < 4.78 is 1.09. The Morgan fingerprint density at radius 2 is 2.04 bits per heavy atom. The number of nitrogens with zero attached hydrogens (tertiary/aromatic N) is 2. The van der Waals surface area contributed by atoms with Gasteiger partial charge in [-0.25, -0.2) is 0 Å². The molecule has 1 aromatic rings. The van der Waals surface area contributed by atoms with E-state index in [1.54, 1.807) is 0 Å². The zero-order chi connectivity index (χ0) is 17.7. The summed E-state index contributed by atoms with van der Waals surface area (Å²) in [7, 11) is 0. The van der Waals surface area contributed by atoms with E-state index in [0.29, 0.717) is 11.1 Å². The van der Waals surface area contributed by atoms with Crippen molar-refractivity contribution >= 4 is 62.7 Å². The molecule has 1 fully saturated rings. The van der Waals surface area contributed by atoms with Crippen LogP contribution in [0.3, 0.4) is 0 Å². The fraction of sp³-hybridized carbons (Fsp3) is 0.375. The summed E-state index contributed by atoms with van der Waals surface area (Å²) in [5.41, 5.74) is 1.60. The van der Waals surface area contributed by atoms with Gasteiger partial charge >= 0.3 is 0 Å². The van der Waals surface area contributed by atoms with Crippen LogP contribution >= 0.6 is 34.4 Å². The van der Waals surface area contributed by atoms with Crippen LogP contribution in [0.4, 0.5) is 5.69 Å². The van der Waals surface area contributed by atoms with Crippen LogP contribution in [0.15, 0.2) is 34.5 Å². The molecule has 2 N–H and O–H groups in total. The molecule has 1 unspecified atom stereocenters. The van der Waals surface area contributed by atoms with Crippen LogP contribution in [0.5, 0.6) is 0 Å². The number of halogens is 1. The lowest BCUT2D eigenvalue weighted by atomic mass is 10.1. The Morgan fingerprint density at radius 1 is 1.38 bits per heavy atom. The predicted octanol–water partition coefficient (Wildman–Crippen LogP) is 3.24. The summed E-state index contributed by atoms with van der Waals surface area (Å²) in [6.45, 7) is 5.94. The highest BCUT2D eigenvalue weighted by atomic mass is 127. The van der Waals surface area contributed by atoms with E-state index in [1.807, 2.05) is 45.0 Å². The quantitative estimate of drug-likeness (QED) is 0.404. The number of hydrogen-bond acceptors (Lipinski definition) is 5. The van der Waals surface area contributed by atoms with Gasteiger partial charge < -0.3 is 10.6 Å². The first-order valence-electron chi connectivity index (χ1n) is 7.50. The van der Waals surface area contributed by atoms with E-state index in [2.05, 4.69) is 43.4 Å². The third-order valence-electron chi connectivity index (χ3n) is 3.41. The second-order valence-electron chi connectivity index (χ2n) is 5.66. The van der Waals surface area contributed by atoms with Crippen LogP contribution < -0.4 is 10.6 Å². The minimum absolute atomic E-state index is 0.0917. The van der Waals surface area contributed by atoms with E-state index in [4.69, 9.17) is 0 Å². The Labute approximate surface area is 159 Å². The first kappa shape index (κ1) is 18.9. The Kier molecular flexibility index (Phi) is 6.79. The van der Waals surface area contributed by atoms with Gasteiger partial charge in [0.15, 0.2) is 5.17 Å². The van der Waals surface area contributed by atoms with Crippen molar-refractivity contribution in [3.8, 4) is 0 Å². The standard InChI is InChI=1S/C16H19IN4O2S/c1-9(2)10(3)20-21-16-19-15(23)13(24-16)8-14(22)18-12-6-4-11(17)5-7-12/h4-7,9,13H,8H2,1-3H3,(H,18,22)(H,19,21,23)/b20-10+. The molecule has 0 aliphatic carbocycles. The van der Waals surface area contributed by atoms with E-state index in [-0.39, 0.29) is 18.2 Å². The fourth-order valence-corrected chi connectivity index (χ4v) is 3.02. The zero-order valence-electron chi connectivity index (χ0n) is 13.7. The van der Waals surface area contributed by atoms with Gasteiger partial charge in [0.2, 0.25) is 11.8 Å². The molecule has 2 rings (SSSR count). The molecule has 0 saturated carbocycles.